The third-order valence-corrected chi connectivity index (χ3v) is 1.81. The molecule has 1 aliphatic rings. The molecule has 1 rings (SSSR count). The van der Waals surface area contributed by atoms with Gasteiger partial charge in [0.25, 0.3) is 0 Å². The molecule has 4 N–H and O–H groups in total. The van der Waals surface area contributed by atoms with E-state index in [0.29, 0.717) is 13.1 Å². The highest BCUT2D eigenvalue weighted by molar-refractivity contribution is 5.82. The lowest BCUT2D eigenvalue weighted by molar-refractivity contribution is -0.142. The highest BCUT2D eigenvalue weighted by Gasteiger charge is 2.30. The van der Waals surface area contributed by atoms with Crippen LogP contribution in [0.4, 0.5) is 4.79 Å². The number of carbonyl (C=O) groups is 2. The Bertz CT molecular complexity index is 184. The number of carboxylic acids is 1. The molecular weight excluding hydrogens is 162 g/mol. The smallest absolute Gasteiger partial charge is 0.327 e. The molecule has 1 aliphatic heterocycles. The Morgan fingerprint density at radius 2 is 2.25 bits per heavy atom. The molecule has 1 saturated heterocycles. The predicted octanol–water partition coefficient (Wildman–Crippen LogP) is -1.58. The van der Waals surface area contributed by atoms with Crippen LogP contribution in [-0.2, 0) is 4.79 Å². The zero-order chi connectivity index (χ0) is 9.14. The van der Waals surface area contributed by atoms with Crippen molar-refractivity contribution >= 4 is 12.0 Å². The number of nitrogens with zero attached hydrogens (tertiary/aromatic N) is 1. The zero-order valence-corrected chi connectivity index (χ0v) is 6.49. The summed E-state index contributed by atoms with van der Waals surface area (Å²) >= 11 is 0. The van der Waals surface area contributed by atoms with Gasteiger partial charge in [-0.3, -0.25) is 0 Å². The molecule has 6 nitrogen and oxygen atoms in total. The summed E-state index contributed by atoms with van der Waals surface area (Å²) in [6.07, 6.45) is 0. The van der Waals surface area contributed by atoms with Crippen LogP contribution in [-0.4, -0.2) is 47.7 Å². The molecule has 0 aromatic rings. The van der Waals surface area contributed by atoms with Crippen LogP contribution in [0.5, 0.6) is 0 Å². The van der Waals surface area contributed by atoms with Gasteiger partial charge in [0, 0.05) is 19.6 Å². The number of nitrogens with one attached hydrogen (secondary N) is 1. The Hall–Kier alpha value is -1.30. The van der Waals surface area contributed by atoms with Crippen molar-refractivity contribution in [2.75, 3.05) is 19.6 Å². The fraction of sp³-hybridized carbons (Fsp3) is 0.667. The Kier molecular flexibility index (Phi) is 2.49. The third-order valence-electron chi connectivity index (χ3n) is 1.81. The maximum absolute atomic E-state index is 10.7. The molecular formula is C6H11N3O3. The average Bonchev–Trinajstić information content (AvgIpc) is 2.04. The molecule has 2 amide bonds. The van der Waals surface area contributed by atoms with Gasteiger partial charge < -0.3 is 21.1 Å². The lowest BCUT2D eigenvalue weighted by Gasteiger charge is -2.31. The summed E-state index contributed by atoms with van der Waals surface area (Å²) < 4.78 is 0. The monoisotopic (exact) mass is 173 g/mol. The van der Waals surface area contributed by atoms with E-state index in [1.807, 2.05) is 0 Å². The van der Waals surface area contributed by atoms with E-state index in [9.17, 15) is 9.59 Å². The molecule has 0 bridgehead atoms. The Labute approximate surface area is 69.3 Å². The van der Waals surface area contributed by atoms with Crippen molar-refractivity contribution in [2.45, 2.75) is 6.04 Å². The summed E-state index contributed by atoms with van der Waals surface area (Å²) in [6.45, 7) is 1.21. The van der Waals surface area contributed by atoms with E-state index in [-0.39, 0.29) is 6.54 Å². The minimum absolute atomic E-state index is 0.262. The normalized spacial score (nSPS) is 23.7. The van der Waals surface area contributed by atoms with Gasteiger partial charge >= 0.3 is 12.0 Å². The van der Waals surface area contributed by atoms with Crippen LogP contribution in [0.1, 0.15) is 0 Å². The van der Waals surface area contributed by atoms with Gasteiger partial charge in [0.1, 0.15) is 6.04 Å². The summed E-state index contributed by atoms with van der Waals surface area (Å²) in [6, 6.07) is -1.50. The van der Waals surface area contributed by atoms with Gasteiger partial charge in [0.2, 0.25) is 0 Å². The molecule has 0 aliphatic carbocycles. The second-order valence-corrected chi connectivity index (χ2v) is 2.59. The van der Waals surface area contributed by atoms with Gasteiger partial charge in [-0.25, -0.2) is 9.59 Å². The topological polar surface area (TPSA) is 95.7 Å². The number of carboxylic acid groups (broad SMARTS) is 1. The van der Waals surface area contributed by atoms with Crippen molar-refractivity contribution in [3.05, 3.63) is 0 Å². The van der Waals surface area contributed by atoms with Crippen molar-refractivity contribution in [3.8, 4) is 0 Å². The summed E-state index contributed by atoms with van der Waals surface area (Å²) in [5, 5.41) is 11.5. The van der Waals surface area contributed by atoms with E-state index >= 15 is 0 Å². The number of rotatable bonds is 1. The van der Waals surface area contributed by atoms with Gasteiger partial charge in [-0.1, -0.05) is 0 Å². The highest BCUT2D eigenvalue weighted by atomic mass is 16.4. The molecule has 0 radical (unpaired) electrons. The average molecular weight is 173 g/mol. The van der Waals surface area contributed by atoms with Gasteiger partial charge in [-0.15, -0.1) is 0 Å². The van der Waals surface area contributed by atoms with Crippen molar-refractivity contribution in [3.63, 3.8) is 0 Å². The quantitative estimate of drug-likeness (QED) is 0.446. The Balaban J connectivity index is 2.67. The van der Waals surface area contributed by atoms with E-state index in [2.05, 4.69) is 5.32 Å². The van der Waals surface area contributed by atoms with Gasteiger partial charge in [-0.2, -0.15) is 0 Å². The second-order valence-electron chi connectivity index (χ2n) is 2.59. The maximum Gasteiger partial charge on any atom is 0.327 e. The Morgan fingerprint density at radius 1 is 1.58 bits per heavy atom. The first-order valence-corrected chi connectivity index (χ1v) is 3.62. The number of primary amides is 1. The number of hydrogen-bond donors (Lipinski definition) is 3. The first-order chi connectivity index (χ1) is 5.63. The fourth-order valence-corrected chi connectivity index (χ4v) is 1.19. The van der Waals surface area contributed by atoms with E-state index in [0.717, 1.165) is 4.90 Å². The van der Waals surface area contributed by atoms with Crippen LogP contribution in [0.2, 0.25) is 0 Å². The molecule has 1 atom stereocenters. The molecule has 1 unspecified atom stereocenters. The van der Waals surface area contributed by atoms with Gasteiger partial charge in [0.05, 0.1) is 0 Å². The lowest BCUT2D eigenvalue weighted by atomic mass is 10.2. The predicted molar refractivity (Wildman–Crippen MR) is 40.6 cm³/mol. The first kappa shape index (κ1) is 8.79. The maximum atomic E-state index is 10.7. The van der Waals surface area contributed by atoms with Crippen LogP contribution in [0.3, 0.4) is 0 Å². The molecule has 1 heterocycles. The van der Waals surface area contributed by atoms with E-state index < -0.39 is 18.0 Å². The summed E-state index contributed by atoms with van der Waals surface area (Å²) in [7, 11) is 0. The molecule has 0 saturated carbocycles. The second kappa shape index (κ2) is 3.40. The van der Waals surface area contributed by atoms with E-state index in [4.69, 9.17) is 10.8 Å². The highest BCUT2D eigenvalue weighted by Crippen LogP contribution is 2.02. The summed E-state index contributed by atoms with van der Waals surface area (Å²) in [4.78, 5) is 22.5. The third kappa shape index (κ3) is 1.65. The van der Waals surface area contributed by atoms with Gasteiger partial charge in [-0.05, 0) is 0 Å². The SMILES string of the molecule is NC(=O)N1CCNCC1C(=O)O. The van der Waals surface area contributed by atoms with Crippen molar-refractivity contribution in [1.29, 1.82) is 0 Å². The van der Waals surface area contributed by atoms with E-state index in [1.165, 1.54) is 0 Å². The number of aliphatic carboxylic acids is 1. The summed E-state index contributed by atoms with van der Waals surface area (Å²) in [5.41, 5.74) is 4.99. The number of hydrogen-bond acceptors (Lipinski definition) is 3. The number of urea groups is 1. The zero-order valence-electron chi connectivity index (χ0n) is 6.49. The summed E-state index contributed by atoms with van der Waals surface area (Å²) in [5.74, 6) is -1.03. The number of nitrogens with two attached hydrogens (primary N) is 1. The van der Waals surface area contributed by atoms with Crippen molar-refractivity contribution in [1.82, 2.24) is 10.2 Å². The van der Waals surface area contributed by atoms with Crippen LogP contribution < -0.4 is 11.1 Å². The van der Waals surface area contributed by atoms with Crippen LogP contribution in [0.25, 0.3) is 0 Å². The molecule has 0 aromatic carbocycles. The van der Waals surface area contributed by atoms with Crippen LogP contribution in [0.15, 0.2) is 0 Å². The standard InChI is InChI=1S/C6H11N3O3/c7-6(12)9-2-1-8-3-4(9)5(10)11/h4,8H,1-3H2,(H2,7,12)(H,10,11). The molecule has 6 heteroatoms. The van der Waals surface area contributed by atoms with Gasteiger partial charge in [0.15, 0.2) is 0 Å². The molecule has 0 spiro atoms. The number of carbonyl (C=O) groups excluding carboxylic acids is 1. The van der Waals surface area contributed by atoms with Crippen molar-refractivity contribution in [2.24, 2.45) is 5.73 Å². The van der Waals surface area contributed by atoms with E-state index in [1.54, 1.807) is 0 Å². The lowest BCUT2D eigenvalue weighted by Crippen LogP contribution is -2.58. The fourth-order valence-electron chi connectivity index (χ4n) is 1.19. The molecule has 0 aromatic heterocycles. The molecule has 12 heavy (non-hydrogen) atoms. The first-order valence-electron chi connectivity index (χ1n) is 3.62. The van der Waals surface area contributed by atoms with Crippen LogP contribution in [0, 0.1) is 0 Å². The number of piperazine rings is 1. The Morgan fingerprint density at radius 3 is 2.67 bits per heavy atom. The molecule has 68 valence electrons. The largest absolute Gasteiger partial charge is 0.480 e. The van der Waals surface area contributed by atoms with Crippen molar-refractivity contribution < 1.29 is 14.7 Å². The minimum Gasteiger partial charge on any atom is -0.480 e. The van der Waals surface area contributed by atoms with Crippen LogP contribution >= 0.6 is 0 Å². The number of amides is 2. The molecule has 1 fully saturated rings. The minimum atomic E-state index is -1.03.